The highest BCUT2D eigenvalue weighted by Gasteiger charge is 2.38. The molecule has 1 saturated heterocycles. The second kappa shape index (κ2) is 5.70. The van der Waals surface area contributed by atoms with Gasteiger partial charge in [-0.15, -0.1) is 0 Å². The van der Waals surface area contributed by atoms with Crippen LogP contribution in [0, 0.1) is 0 Å². The number of amides is 1. The number of halogens is 1. The smallest absolute Gasteiger partial charge is 0.254 e. The van der Waals surface area contributed by atoms with Crippen molar-refractivity contribution >= 4 is 17.5 Å². The van der Waals surface area contributed by atoms with Gasteiger partial charge in [-0.05, 0) is 37.8 Å². The van der Waals surface area contributed by atoms with Gasteiger partial charge >= 0.3 is 0 Å². The first-order valence-corrected chi connectivity index (χ1v) is 7.66. The number of aryl methyl sites for hydroxylation is 1. The molecule has 2 aliphatic rings. The molecule has 1 aliphatic heterocycles. The minimum atomic E-state index is 0.0594. The van der Waals surface area contributed by atoms with E-state index in [1.807, 2.05) is 17.9 Å². The lowest BCUT2D eigenvalue weighted by molar-refractivity contribution is -0.0445. The third kappa shape index (κ3) is 2.54. The summed E-state index contributed by atoms with van der Waals surface area (Å²) in [7, 11) is 0. The predicted molar refractivity (Wildman–Crippen MR) is 77.0 cm³/mol. The second-order valence-electron chi connectivity index (χ2n) is 5.43. The zero-order valence-electron chi connectivity index (χ0n) is 11.6. The highest BCUT2D eigenvalue weighted by Crippen LogP contribution is 2.30. The molecule has 3 rings (SSSR count). The van der Waals surface area contributed by atoms with Gasteiger partial charge in [-0.2, -0.15) is 0 Å². The molecule has 5 heteroatoms. The van der Waals surface area contributed by atoms with Gasteiger partial charge in [0, 0.05) is 17.8 Å². The molecule has 1 aromatic rings. The highest BCUT2D eigenvalue weighted by atomic mass is 35.5. The van der Waals surface area contributed by atoms with E-state index >= 15 is 0 Å². The lowest BCUT2D eigenvalue weighted by Gasteiger charge is -2.37. The summed E-state index contributed by atoms with van der Waals surface area (Å²) >= 11 is 6.02. The highest BCUT2D eigenvalue weighted by molar-refractivity contribution is 6.29. The second-order valence-corrected chi connectivity index (χ2v) is 5.82. The van der Waals surface area contributed by atoms with Gasteiger partial charge in [0.1, 0.15) is 5.15 Å². The number of nitrogens with zero attached hydrogens (tertiary/aromatic N) is 2. The number of pyridine rings is 1. The lowest BCUT2D eigenvalue weighted by atomic mass is 10.1. The van der Waals surface area contributed by atoms with Crippen molar-refractivity contribution < 1.29 is 9.53 Å². The Balaban J connectivity index is 1.86. The Bertz CT molecular complexity index is 521. The fourth-order valence-electron chi connectivity index (χ4n) is 3.20. The number of morpholine rings is 1. The lowest BCUT2D eigenvalue weighted by Crippen LogP contribution is -2.51. The molecule has 0 spiro atoms. The maximum Gasteiger partial charge on any atom is 0.254 e. The van der Waals surface area contributed by atoms with Crippen LogP contribution in [-0.4, -0.2) is 41.1 Å². The van der Waals surface area contributed by atoms with Gasteiger partial charge < -0.3 is 9.64 Å². The standard InChI is InChI=1S/C15H19ClN2O2/c1-2-11-8-10(9-14(16)17-11)15(19)18-6-7-20-13-5-3-4-12(13)18/h8-9,12-13H,2-7H2,1H3/t12-,13+/m0/s1. The molecular weight excluding hydrogens is 276 g/mol. The van der Waals surface area contributed by atoms with Crippen molar-refractivity contribution in [2.24, 2.45) is 0 Å². The Hall–Kier alpha value is -1.13. The molecule has 0 N–H and O–H groups in total. The molecule has 0 radical (unpaired) electrons. The van der Waals surface area contributed by atoms with E-state index in [2.05, 4.69) is 4.98 Å². The van der Waals surface area contributed by atoms with Crippen LogP contribution in [0.5, 0.6) is 0 Å². The molecule has 20 heavy (non-hydrogen) atoms. The number of carbonyl (C=O) groups is 1. The monoisotopic (exact) mass is 294 g/mol. The summed E-state index contributed by atoms with van der Waals surface area (Å²) in [5.74, 6) is 0.0594. The fraction of sp³-hybridized carbons (Fsp3) is 0.600. The average Bonchev–Trinajstić information content (AvgIpc) is 2.94. The molecule has 0 bridgehead atoms. The van der Waals surface area contributed by atoms with E-state index < -0.39 is 0 Å². The number of hydrogen-bond acceptors (Lipinski definition) is 3. The Morgan fingerprint density at radius 2 is 2.35 bits per heavy atom. The molecule has 2 atom stereocenters. The minimum Gasteiger partial charge on any atom is -0.374 e. The first kappa shape index (κ1) is 13.8. The van der Waals surface area contributed by atoms with Crippen LogP contribution in [0.2, 0.25) is 5.15 Å². The molecule has 2 heterocycles. The van der Waals surface area contributed by atoms with Gasteiger partial charge in [-0.1, -0.05) is 18.5 Å². The van der Waals surface area contributed by atoms with E-state index in [4.69, 9.17) is 16.3 Å². The van der Waals surface area contributed by atoms with Crippen molar-refractivity contribution in [3.63, 3.8) is 0 Å². The van der Waals surface area contributed by atoms with Crippen LogP contribution in [-0.2, 0) is 11.2 Å². The predicted octanol–water partition coefficient (Wildman–Crippen LogP) is 2.69. The number of ether oxygens (including phenoxy) is 1. The number of carbonyl (C=O) groups excluding carboxylic acids is 1. The Labute approximate surface area is 124 Å². The average molecular weight is 295 g/mol. The van der Waals surface area contributed by atoms with E-state index in [1.54, 1.807) is 6.07 Å². The van der Waals surface area contributed by atoms with Crippen LogP contribution in [0.1, 0.15) is 42.2 Å². The number of fused-ring (bicyclic) bond motifs is 1. The Morgan fingerprint density at radius 3 is 3.15 bits per heavy atom. The summed E-state index contributed by atoms with van der Waals surface area (Å²) in [6.07, 6.45) is 4.23. The van der Waals surface area contributed by atoms with Crippen molar-refractivity contribution in [2.45, 2.75) is 44.8 Å². The molecule has 4 nitrogen and oxygen atoms in total. The topological polar surface area (TPSA) is 42.4 Å². The van der Waals surface area contributed by atoms with Gasteiger partial charge in [0.25, 0.3) is 5.91 Å². The molecule has 2 fully saturated rings. The number of rotatable bonds is 2. The Kier molecular flexibility index (Phi) is 3.94. The number of aromatic nitrogens is 1. The van der Waals surface area contributed by atoms with Gasteiger partial charge in [-0.3, -0.25) is 4.79 Å². The third-order valence-corrected chi connectivity index (χ3v) is 4.39. The van der Waals surface area contributed by atoms with Gasteiger partial charge in [0.05, 0.1) is 18.8 Å². The Morgan fingerprint density at radius 1 is 1.50 bits per heavy atom. The molecule has 1 aromatic heterocycles. The van der Waals surface area contributed by atoms with Crippen LogP contribution in [0.15, 0.2) is 12.1 Å². The molecular formula is C15H19ClN2O2. The zero-order valence-corrected chi connectivity index (χ0v) is 12.4. The van der Waals surface area contributed by atoms with Crippen LogP contribution in [0.3, 0.4) is 0 Å². The fourth-order valence-corrected chi connectivity index (χ4v) is 3.43. The van der Waals surface area contributed by atoms with Crippen molar-refractivity contribution in [3.05, 3.63) is 28.5 Å². The van der Waals surface area contributed by atoms with Crippen molar-refractivity contribution in [2.75, 3.05) is 13.2 Å². The van der Waals surface area contributed by atoms with Crippen LogP contribution in [0.25, 0.3) is 0 Å². The van der Waals surface area contributed by atoms with Crippen LogP contribution < -0.4 is 0 Å². The molecule has 1 amide bonds. The quantitative estimate of drug-likeness (QED) is 0.788. The first-order valence-electron chi connectivity index (χ1n) is 7.28. The van der Waals surface area contributed by atoms with E-state index in [0.29, 0.717) is 23.9 Å². The maximum absolute atomic E-state index is 12.7. The van der Waals surface area contributed by atoms with Gasteiger partial charge in [0.2, 0.25) is 0 Å². The largest absolute Gasteiger partial charge is 0.374 e. The van der Waals surface area contributed by atoms with E-state index in [9.17, 15) is 4.79 Å². The molecule has 1 saturated carbocycles. The van der Waals surface area contributed by atoms with Crippen LogP contribution in [0.4, 0.5) is 0 Å². The van der Waals surface area contributed by atoms with Crippen molar-refractivity contribution in [1.29, 1.82) is 0 Å². The number of hydrogen-bond donors (Lipinski definition) is 0. The third-order valence-electron chi connectivity index (χ3n) is 4.20. The van der Waals surface area contributed by atoms with E-state index in [1.165, 1.54) is 0 Å². The zero-order chi connectivity index (χ0) is 14.1. The van der Waals surface area contributed by atoms with E-state index in [0.717, 1.165) is 31.4 Å². The first-order chi connectivity index (χ1) is 9.69. The molecule has 0 aromatic carbocycles. The molecule has 1 aliphatic carbocycles. The minimum absolute atomic E-state index is 0.0594. The van der Waals surface area contributed by atoms with E-state index in [-0.39, 0.29) is 18.1 Å². The van der Waals surface area contributed by atoms with Crippen molar-refractivity contribution in [3.8, 4) is 0 Å². The van der Waals surface area contributed by atoms with Gasteiger partial charge in [-0.25, -0.2) is 4.98 Å². The van der Waals surface area contributed by atoms with Gasteiger partial charge in [0.15, 0.2) is 0 Å². The summed E-state index contributed by atoms with van der Waals surface area (Å²) < 4.78 is 5.75. The summed E-state index contributed by atoms with van der Waals surface area (Å²) in [6, 6.07) is 3.75. The molecule has 0 unspecified atom stereocenters. The van der Waals surface area contributed by atoms with Crippen molar-refractivity contribution in [1.82, 2.24) is 9.88 Å². The summed E-state index contributed by atoms with van der Waals surface area (Å²) in [5, 5.41) is 0.393. The maximum atomic E-state index is 12.7. The van der Waals surface area contributed by atoms with Crippen LogP contribution >= 0.6 is 11.6 Å². The summed E-state index contributed by atoms with van der Waals surface area (Å²) in [6.45, 7) is 3.31. The summed E-state index contributed by atoms with van der Waals surface area (Å²) in [4.78, 5) is 18.9. The molecule has 108 valence electrons. The summed E-state index contributed by atoms with van der Waals surface area (Å²) in [5.41, 5.74) is 1.51. The SMILES string of the molecule is CCc1cc(C(=O)N2CCO[C@@H]3CCC[C@@H]32)cc(Cl)n1. The normalized spacial score (nSPS) is 25.6.